The molecule has 2 aromatic rings. The van der Waals surface area contributed by atoms with Gasteiger partial charge in [0.15, 0.2) is 11.9 Å². The smallest absolute Gasteiger partial charge is 0.265 e. The van der Waals surface area contributed by atoms with E-state index < -0.39 is 6.10 Å². The van der Waals surface area contributed by atoms with E-state index in [4.69, 9.17) is 16.3 Å². The molecule has 0 bridgehead atoms. The number of carbonyl (C=O) groups is 2. The zero-order valence-corrected chi connectivity index (χ0v) is 14.3. The van der Waals surface area contributed by atoms with Crippen LogP contribution in [0.4, 0.5) is 5.69 Å². The predicted molar refractivity (Wildman–Crippen MR) is 94.0 cm³/mol. The summed E-state index contributed by atoms with van der Waals surface area (Å²) in [5.41, 5.74) is 3.06. The summed E-state index contributed by atoms with van der Waals surface area (Å²) in [4.78, 5) is 24.2. The van der Waals surface area contributed by atoms with Gasteiger partial charge in [-0.25, -0.2) is 0 Å². The van der Waals surface area contributed by atoms with Crippen LogP contribution in [-0.4, -0.2) is 17.8 Å². The van der Waals surface area contributed by atoms with Crippen LogP contribution in [0.2, 0.25) is 5.02 Å². The molecule has 24 heavy (non-hydrogen) atoms. The Morgan fingerprint density at radius 1 is 1.21 bits per heavy atom. The molecule has 124 valence electrons. The fraction of sp³-hybridized carbons (Fsp3) is 0.263. The average molecular weight is 344 g/mol. The zero-order chi connectivity index (χ0) is 17.3. The molecule has 0 aromatic heterocycles. The van der Waals surface area contributed by atoms with Crippen LogP contribution in [0.5, 0.6) is 5.75 Å². The van der Waals surface area contributed by atoms with Crippen molar-refractivity contribution in [3.05, 3.63) is 58.1 Å². The van der Waals surface area contributed by atoms with Crippen molar-refractivity contribution < 1.29 is 14.3 Å². The minimum absolute atomic E-state index is 0.127. The quantitative estimate of drug-likeness (QED) is 0.905. The first-order chi connectivity index (χ1) is 11.5. The Kier molecular flexibility index (Phi) is 4.58. The molecule has 2 aromatic carbocycles. The number of hydrogen-bond acceptors (Lipinski definition) is 3. The van der Waals surface area contributed by atoms with Crippen molar-refractivity contribution in [3.63, 3.8) is 0 Å². The van der Waals surface area contributed by atoms with E-state index in [1.54, 1.807) is 43.3 Å². The summed E-state index contributed by atoms with van der Waals surface area (Å²) in [6.07, 6.45) is 0.468. The van der Waals surface area contributed by atoms with Gasteiger partial charge in [-0.1, -0.05) is 29.8 Å². The van der Waals surface area contributed by atoms with Crippen molar-refractivity contribution in [1.29, 1.82) is 0 Å². The standard InChI is InChI=1S/C19H18ClNO3/c1-11-15(20)6-4-7-16(11)21-19(23)12(2)24-18-8-3-5-13-14(18)9-10-17(13)22/h3-8,12H,9-10H2,1-2H3,(H,21,23)/t12-/m0/s1. The van der Waals surface area contributed by atoms with Crippen LogP contribution >= 0.6 is 11.6 Å². The molecule has 3 rings (SSSR count). The molecule has 1 aliphatic carbocycles. The molecular weight excluding hydrogens is 326 g/mol. The highest BCUT2D eigenvalue weighted by molar-refractivity contribution is 6.31. The number of amides is 1. The molecule has 1 atom stereocenters. The van der Waals surface area contributed by atoms with E-state index in [1.165, 1.54) is 0 Å². The summed E-state index contributed by atoms with van der Waals surface area (Å²) in [5, 5.41) is 3.43. The highest BCUT2D eigenvalue weighted by Crippen LogP contribution is 2.31. The second kappa shape index (κ2) is 6.65. The first-order valence-electron chi connectivity index (χ1n) is 7.85. The second-order valence-corrected chi connectivity index (χ2v) is 6.27. The van der Waals surface area contributed by atoms with E-state index in [0.717, 1.165) is 11.1 Å². The van der Waals surface area contributed by atoms with Crippen LogP contribution < -0.4 is 10.1 Å². The van der Waals surface area contributed by atoms with Gasteiger partial charge in [-0.15, -0.1) is 0 Å². The summed E-state index contributed by atoms with van der Waals surface area (Å²) in [5.74, 6) is 0.466. The van der Waals surface area contributed by atoms with E-state index in [2.05, 4.69) is 5.32 Å². The molecule has 4 nitrogen and oxygen atoms in total. The van der Waals surface area contributed by atoms with Gasteiger partial charge in [-0.05, 0) is 44.0 Å². The van der Waals surface area contributed by atoms with Gasteiger partial charge in [-0.2, -0.15) is 0 Å². The van der Waals surface area contributed by atoms with E-state index in [0.29, 0.717) is 34.9 Å². The minimum atomic E-state index is -0.689. The maximum absolute atomic E-state index is 12.4. The lowest BCUT2D eigenvalue weighted by molar-refractivity contribution is -0.122. The van der Waals surface area contributed by atoms with E-state index >= 15 is 0 Å². The molecule has 0 aliphatic heterocycles. The molecule has 0 saturated carbocycles. The maximum atomic E-state index is 12.4. The molecule has 0 saturated heterocycles. The SMILES string of the molecule is Cc1c(Cl)cccc1NC(=O)[C@H](C)Oc1cccc2c1CCC2=O. The van der Waals surface area contributed by atoms with Crippen molar-refractivity contribution in [2.45, 2.75) is 32.8 Å². The number of rotatable bonds is 4. The number of Topliss-reactive ketones (excluding diaryl/α,β-unsaturated/α-hetero) is 1. The van der Waals surface area contributed by atoms with Gasteiger partial charge >= 0.3 is 0 Å². The molecule has 1 amide bonds. The van der Waals surface area contributed by atoms with Crippen molar-refractivity contribution in [1.82, 2.24) is 0 Å². The molecule has 0 spiro atoms. The van der Waals surface area contributed by atoms with Crippen LogP contribution in [0.15, 0.2) is 36.4 Å². The van der Waals surface area contributed by atoms with E-state index in [-0.39, 0.29) is 11.7 Å². The summed E-state index contributed by atoms with van der Waals surface area (Å²) >= 11 is 6.07. The van der Waals surface area contributed by atoms with Crippen molar-refractivity contribution in [2.24, 2.45) is 0 Å². The predicted octanol–water partition coefficient (Wildman–Crippen LogP) is 4.18. The largest absolute Gasteiger partial charge is 0.481 e. The molecular formula is C19H18ClNO3. The highest BCUT2D eigenvalue weighted by Gasteiger charge is 2.25. The Bertz CT molecular complexity index is 816. The van der Waals surface area contributed by atoms with Crippen LogP contribution in [0, 0.1) is 6.92 Å². The number of nitrogens with one attached hydrogen (secondary N) is 1. The Labute approximate surface area is 145 Å². The summed E-state index contributed by atoms with van der Waals surface area (Å²) in [7, 11) is 0. The molecule has 0 fully saturated rings. The number of carbonyl (C=O) groups excluding carboxylic acids is 2. The monoisotopic (exact) mass is 343 g/mol. The molecule has 0 heterocycles. The van der Waals surface area contributed by atoms with Gasteiger partial charge in [0.1, 0.15) is 5.75 Å². The lowest BCUT2D eigenvalue weighted by Gasteiger charge is -2.18. The number of halogens is 1. The number of ether oxygens (including phenoxy) is 1. The first-order valence-corrected chi connectivity index (χ1v) is 8.23. The summed E-state index contributed by atoms with van der Waals surface area (Å²) < 4.78 is 5.81. The number of anilines is 1. The minimum Gasteiger partial charge on any atom is -0.481 e. The third kappa shape index (κ3) is 3.15. The van der Waals surface area contributed by atoms with Crippen LogP contribution in [0.3, 0.4) is 0 Å². The normalized spacial score (nSPS) is 14.2. The second-order valence-electron chi connectivity index (χ2n) is 5.87. The zero-order valence-electron chi connectivity index (χ0n) is 13.6. The number of ketones is 1. The molecule has 1 aliphatic rings. The van der Waals surface area contributed by atoms with Crippen LogP contribution in [-0.2, 0) is 11.2 Å². The summed E-state index contributed by atoms with van der Waals surface area (Å²) in [6, 6.07) is 10.7. The molecule has 5 heteroatoms. The third-order valence-electron chi connectivity index (χ3n) is 4.23. The Morgan fingerprint density at radius 2 is 1.96 bits per heavy atom. The molecule has 1 N–H and O–H groups in total. The fourth-order valence-electron chi connectivity index (χ4n) is 2.79. The van der Waals surface area contributed by atoms with Crippen molar-refractivity contribution in [2.75, 3.05) is 5.32 Å². The Balaban J connectivity index is 1.74. The summed E-state index contributed by atoms with van der Waals surface area (Å²) in [6.45, 7) is 3.53. The van der Waals surface area contributed by atoms with E-state index in [1.807, 2.05) is 6.92 Å². The number of benzene rings is 2. The first kappa shape index (κ1) is 16.5. The average Bonchev–Trinajstić information content (AvgIpc) is 2.94. The number of hydrogen-bond donors (Lipinski definition) is 1. The lowest BCUT2D eigenvalue weighted by Crippen LogP contribution is -2.30. The number of fused-ring (bicyclic) bond motifs is 1. The van der Waals surface area contributed by atoms with Gasteiger partial charge in [0.05, 0.1) is 0 Å². The van der Waals surface area contributed by atoms with Gasteiger partial charge < -0.3 is 10.1 Å². The van der Waals surface area contributed by atoms with E-state index in [9.17, 15) is 9.59 Å². The topological polar surface area (TPSA) is 55.4 Å². The lowest BCUT2D eigenvalue weighted by atomic mass is 10.1. The van der Waals surface area contributed by atoms with Crippen LogP contribution in [0.1, 0.15) is 34.8 Å². The van der Waals surface area contributed by atoms with Crippen molar-refractivity contribution in [3.8, 4) is 5.75 Å². The molecule has 0 radical (unpaired) electrons. The van der Waals surface area contributed by atoms with Crippen LogP contribution in [0.25, 0.3) is 0 Å². The Morgan fingerprint density at radius 3 is 2.75 bits per heavy atom. The van der Waals surface area contributed by atoms with Gasteiger partial charge in [0.2, 0.25) is 0 Å². The Hall–Kier alpha value is -2.33. The van der Waals surface area contributed by atoms with Crippen molar-refractivity contribution >= 4 is 29.0 Å². The van der Waals surface area contributed by atoms with Gasteiger partial charge in [0.25, 0.3) is 5.91 Å². The third-order valence-corrected chi connectivity index (χ3v) is 4.64. The van der Waals surface area contributed by atoms with Gasteiger partial charge in [-0.3, -0.25) is 9.59 Å². The fourth-order valence-corrected chi connectivity index (χ4v) is 2.96. The van der Waals surface area contributed by atoms with Gasteiger partial charge in [0, 0.05) is 28.3 Å². The highest BCUT2D eigenvalue weighted by atomic mass is 35.5. The maximum Gasteiger partial charge on any atom is 0.265 e. The molecule has 0 unspecified atom stereocenters.